The molecule has 5 nitrogen and oxygen atoms in total. The highest BCUT2D eigenvalue weighted by atomic mass is 35.5. The van der Waals surface area contributed by atoms with Crippen LogP contribution >= 0.6 is 12.4 Å². The predicted molar refractivity (Wildman–Crippen MR) is 55.5 cm³/mol. The molecule has 0 aromatic carbocycles. The Balaban J connectivity index is 0.000000980. The van der Waals surface area contributed by atoms with Crippen molar-refractivity contribution in [3.63, 3.8) is 0 Å². The summed E-state index contributed by atoms with van der Waals surface area (Å²) >= 11 is 0. The van der Waals surface area contributed by atoms with Gasteiger partial charge in [-0.3, -0.25) is 9.48 Å². The Hall–Kier alpha value is -1.07. The molecule has 2 heterocycles. The second-order valence-corrected chi connectivity index (χ2v) is 3.16. The number of halogens is 1. The maximum atomic E-state index is 11.4. The molecule has 0 spiro atoms. The van der Waals surface area contributed by atoms with Crippen molar-refractivity contribution in [1.82, 2.24) is 15.1 Å². The van der Waals surface area contributed by atoms with Gasteiger partial charge >= 0.3 is 0 Å². The molecule has 0 aliphatic carbocycles. The van der Waals surface area contributed by atoms with E-state index >= 15 is 0 Å². The van der Waals surface area contributed by atoms with E-state index in [1.54, 1.807) is 16.9 Å². The summed E-state index contributed by atoms with van der Waals surface area (Å²) in [5, 5.41) is 9.81. The summed E-state index contributed by atoms with van der Waals surface area (Å²) in [4.78, 5) is 11.4. The highest BCUT2D eigenvalue weighted by Gasteiger charge is 2.24. The van der Waals surface area contributed by atoms with Crippen LogP contribution in [0.1, 0.15) is 6.42 Å². The minimum absolute atomic E-state index is 0. The molecule has 2 N–H and O–H groups in total. The number of hydrogen-bond acceptors (Lipinski definition) is 3. The standard InChI is InChI=1S/C8H12N4O.ClH/c1-12-5-3-7(11-12)10-8(13)6-2-4-9-6;/h3,5-6,9H,2,4H2,1H3,(H,10,11,13);1H/t6-;/m1./s1. The van der Waals surface area contributed by atoms with Gasteiger partial charge in [-0.25, -0.2) is 0 Å². The Morgan fingerprint density at radius 2 is 2.50 bits per heavy atom. The van der Waals surface area contributed by atoms with Gasteiger partial charge in [0.25, 0.3) is 0 Å². The average Bonchev–Trinajstić information content (AvgIpc) is 2.31. The highest BCUT2D eigenvalue weighted by molar-refractivity contribution is 5.94. The molecule has 0 unspecified atom stereocenters. The van der Waals surface area contributed by atoms with Gasteiger partial charge in [-0.05, 0) is 13.0 Å². The zero-order valence-corrected chi connectivity index (χ0v) is 8.67. The van der Waals surface area contributed by atoms with E-state index in [2.05, 4.69) is 15.7 Å². The van der Waals surface area contributed by atoms with Crippen LogP contribution in [0, 0.1) is 0 Å². The average molecular weight is 217 g/mol. The van der Waals surface area contributed by atoms with Gasteiger partial charge in [0.05, 0.1) is 6.04 Å². The zero-order valence-electron chi connectivity index (χ0n) is 7.86. The first-order valence-corrected chi connectivity index (χ1v) is 4.29. The SMILES string of the molecule is Cl.Cn1ccc(NC(=O)[C@H]2CCN2)n1. The second kappa shape index (κ2) is 4.43. The minimum Gasteiger partial charge on any atom is -0.308 e. The molecule has 1 aromatic rings. The van der Waals surface area contributed by atoms with Gasteiger partial charge in [-0.2, -0.15) is 5.10 Å². The fraction of sp³-hybridized carbons (Fsp3) is 0.500. The monoisotopic (exact) mass is 216 g/mol. The maximum absolute atomic E-state index is 11.4. The van der Waals surface area contributed by atoms with Crippen LogP contribution in [0.25, 0.3) is 0 Å². The molecule has 1 fully saturated rings. The first kappa shape index (κ1) is 11.0. The van der Waals surface area contributed by atoms with Crippen molar-refractivity contribution in [3.8, 4) is 0 Å². The van der Waals surface area contributed by atoms with Crippen molar-refractivity contribution in [1.29, 1.82) is 0 Å². The van der Waals surface area contributed by atoms with E-state index in [0.717, 1.165) is 13.0 Å². The van der Waals surface area contributed by atoms with Crippen LogP contribution in [0.5, 0.6) is 0 Å². The summed E-state index contributed by atoms with van der Waals surface area (Å²) in [5.74, 6) is 0.617. The van der Waals surface area contributed by atoms with E-state index in [1.807, 2.05) is 7.05 Å². The van der Waals surface area contributed by atoms with Gasteiger partial charge in [0.1, 0.15) is 0 Å². The molecule has 1 aliphatic heterocycles. The lowest BCUT2D eigenvalue weighted by Crippen LogP contribution is -2.50. The van der Waals surface area contributed by atoms with Crippen LogP contribution in [-0.2, 0) is 11.8 Å². The van der Waals surface area contributed by atoms with Crippen LogP contribution in [0.2, 0.25) is 0 Å². The van der Waals surface area contributed by atoms with Crippen LogP contribution < -0.4 is 10.6 Å². The molecule has 1 saturated heterocycles. The van der Waals surface area contributed by atoms with Crippen LogP contribution in [0.15, 0.2) is 12.3 Å². The molecule has 6 heteroatoms. The fourth-order valence-corrected chi connectivity index (χ4v) is 1.21. The quantitative estimate of drug-likeness (QED) is 0.740. The molecule has 0 radical (unpaired) electrons. The lowest BCUT2D eigenvalue weighted by Gasteiger charge is -2.25. The number of nitrogens with zero attached hydrogens (tertiary/aromatic N) is 2. The Morgan fingerprint density at radius 3 is 2.93 bits per heavy atom. The molecule has 0 saturated carbocycles. The molecular formula is C8H13ClN4O. The summed E-state index contributed by atoms with van der Waals surface area (Å²) < 4.78 is 1.66. The normalized spacial score (nSPS) is 19.4. The molecule has 1 amide bonds. The number of carbonyl (C=O) groups excluding carboxylic acids is 1. The Labute approximate surface area is 88.3 Å². The van der Waals surface area contributed by atoms with Gasteiger partial charge in [0.2, 0.25) is 5.91 Å². The lowest BCUT2D eigenvalue weighted by atomic mass is 10.1. The van der Waals surface area contributed by atoms with Gasteiger partial charge < -0.3 is 10.6 Å². The van der Waals surface area contributed by atoms with Crippen molar-refractivity contribution >= 4 is 24.1 Å². The summed E-state index contributed by atoms with van der Waals surface area (Å²) in [6, 6.07) is 1.75. The summed E-state index contributed by atoms with van der Waals surface area (Å²) in [7, 11) is 1.82. The predicted octanol–water partition coefficient (Wildman–Crippen LogP) is 0.142. The third-order valence-corrected chi connectivity index (χ3v) is 2.11. The Bertz CT molecular complexity index is 321. The number of aromatic nitrogens is 2. The molecule has 78 valence electrons. The molecule has 1 aliphatic rings. The van der Waals surface area contributed by atoms with Crippen LogP contribution in [0.3, 0.4) is 0 Å². The van der Waals surface area contributed by atoms with Crippen molar-refractivity contribution in [2.45, 2.75) is 12.5 Å². The maximum Gasteiger partial charge on any atom is 0.242 e. The number of anilines is 1. The zero-order chi connectivity index (χ0) is 9.26. The lowest BCUT2D eigenvalue weighted by molar-refractivity contribution is -0.119. The van der Waals surface area contributed by atoms with Gasteiger partial charge in [0.15, 0.2) is 5.82 Å². The largest absolute Gasteiger partial charge is 0.308 e. The van der Waals surface area contributed by atoms with E-state index in [0.29, 0.717) is 5.82 Å². The van der Waals surface area contributed by atoms with Crippen LogP contribution in [-0.4, -0.2) is 28.3 Å². The van der Waals surface area contributed by atoms with Crippen molar-refractivity contribution in [2.24, 2.45) is 7.05 Å². The van der Waals surface area contributed by atoms with Gasteiger partial charge in [-0.1, -0.05) is 0 Å². The smallest absolute Gasteiger partial charge is 0.242 e. The molecular weight excluding hydrogens is 204 g/mol. The molecule has 2 rings (SSSR count). The van der Waals surface area contributed by atoms with Crippen molar-refractivity contribution in [3.05, 3.63) is 12.3 Å². The van der Waals surface area contributed by atoms with E-state index in [4.69, 9.17) is 0 Å². The fourth-order valence-electron chi connectivity index (χ4n) is 1.21. The van der Waals surface area contributed by atoms with E-state index < -0.39 is 0 Å². The molecule has 1 aromatic heterocycles. The van der Waals surface area contributed by atoms with Crippen LogP contribution in [0.4, 0.5) is 5.82 Å². The molecule has 1 atom stereocenters. The Morgan fingerprint density at radius 1 is 1.79 bits per heavy atom. The molecule has 0 bridgehead atoms. The summed E-state index contributed by atoms with van der Waals surface area (Å²) in [6.07, 6.45) is 2.71. The van der Waals surface area contributed by atoms with E-state index in [1.165, 1.54) is 0 Å². The summed E-state index contributed by atoms with van der Waals surface area (Å²) in [6.45, 7) is 0.931. The highest BCUT2D eigenvalue weighted by Crippen LogP contribution is 2.06. The third kappa shape index (κ3) is 2.24. The van der Waals surface area contributed by atoms with E-state index in [9.17, 15) is 4.79 Å². The topological polar surface area (TPSA) is 59.0 Å². The number of hydrogen-bond donors (Lipinski definition) is 2. The Kier molecular flexibility index (Phi) is 3.49. The third-order valence-electron chi connectivity index (χ3n) is 2.11. The number of carbonyl (C=O) groups is 1. The minimum atomic E-state index is -0.0259. The first-order chi connectivity index (χ1) is 6.25. The van der Waals surface area contributed by atoms with Gasteiger partial charge in [-0.15, -0.1) is 12.4 Å². The number of aryl methyl sites for hydroxylation is 1. The van der Waals surface area contributed by atoms with E-state index in [-0.39, 0.29) is 24.4 Å². The number of nitrogens with one attached hydrogen (secondary N) is 2. The first-order valence-electron chi connectivity index (χ1n) is 4.29. The summed E-state index contributed by atoms with van der Waals surface area (Å²) in [5.41, 5.74) is 0. The van der Waals surface area contributed by atoms with Crippen molar-refractivity contribution < 1.29 is 4.79 Å². The second-order valence-electron chi connectivity index (χ2n) is 3.16. The van der Waals surface area contributed by atoms with Gasteiger partial charge in [0, 0.05) is 19.3 Å². The number of amides is 1. The number of rotatable bonds is 2. The molecule has 14 heavy (non-hydrogen) atoms. The van der Waals surface area contributed by atoms with Crippen molar-refractivity contribution in [2.75, 3.05) is 11.9 Å².